The average Bonchev–Trinajstić information content (AvgIpc) is 2.82. The summed E-state index contributed by atoms with van der Waals surface area (Å²) in [6.45, 7) is 0. The molecule has 62 valence electrons. The van der Waals surface area contributed by atoms with Gasteiger partial charge in [0.2, 0.25) is 0 Å². The van der Waals surface area contributed by atoms with Crippen molar-refractivity contribution in [2.75, 3.05) is 7.11 Å². The van der Waals surface area contributed by atoms with E-state index in [1.165, 1.54) is 7.11 Å². The number of methoxy groups -OCH3 is 1. The van der Waals surface area contributed by atoms with Crippen molar-refractivity contribution in [3.05, 3.63) is 0 Å². The fourth-order valence-electron chi connectivity index (χ4n) is 1.13. The van der Waals surface area contributed by atoms with Crippen molar-refractivity contribution in [2.24, 2.45) is 11.8 Å². The van der Waals surface area contributed by atoms with Gasteiger partial charge >= 0.3 is 5.97 Å². The Morgan fingerprint density at radius 2 is 2.36 bits per heavy atom. The molecular weight excluding hydrogens is 144 g/mol. The maximum Gasteiger partial charge on any atom is 0.306 e. The fourth-order valence-corrected chi connectivity index (χ4v) is 1.13. The molecule has 0 aromatic heterocycles. The van der Waals surface area contributed by atoms with Crippen LogP contribution in [0, 0.1) is 11.8 Å². The number of esters is 1. The van der Waals surface area contributed by atoms with Crippen molar-refractivity contribution in [3.8, 4) is 0 Å². The Hall–Kier alpha value is -0.860. The van der Waals surface area contributed by atoms with Crippen LogP contribution in [-0.4, -0.2) is 19.4 Å². The van der Waals surface area contributed by atoms with E-state index in [0.717, 1.165) is 19.1 Å². The second-order valence-corrected chi connectivity index (χ2v) is 2.92. The third-order valence-corrected chi connectivity index (χ3v) is 2.03. The molecule has 1 aliphatic rings. The van der Waals surface area contributed by atoms with Gasteiger partial charge in [0.05, 0.1) is 13.5 Å². The molecule has 1 rings (SSSR count). The summed E-state index contributed by atoms with van der Waals surface area (Å²) >= 11 is 0. The van der Waals surface area contributed by atoms with Gasteiger partial charge in [-0.2, -0.15) is 0 Å². The summed E-state index contributed by atoms with van der Waals surface area (Å²) in [6.07, 6.45) is 3.29. The molecule has 1 atom stereocenters. The summed E-state index contributed by atoms with van der Waals surface area (Å²) in [5.74, 6) is 0.0723. The van der Waals surface area contributed by atoms with E-state index in [1.54, 1.807) is 0 Å². The number of hydrogen-bond acceptors (Lipinski definition) is 3. The third-order valence-electron chi connectivity index (χ3n) is 2.03. The first-order valence-electron chi connectivity index (χ1n) is 3.80. The van der Waals surface area contributed by atoms with E-state index < -0.39 is 0 Å². The van der Waals surface area contributed by atoms with Crippen molar-refractivity contribution in [1.29, 1.82) is 0 Å². The van der Waals surface area contributed by atoms with Crippen LogP contribution in [0.15, 0.2) is 0 Å². The molecule has 1 aliphatic carbocycles. The number of aldehydes is 1. The van der Waals surface area contributed by atoms with Gasteiger partial charge in [-0.15, -0.1) is 0 Å². The molecule has 3 nitrogen and oxygen atoms in total. The number of hydrogen-bond donors (Lipinski definition) is 0. The number of carbonyl (C=O) groups is 2. The number of carbonyl (C=O) groups excluding carboxylic acids is 2. The van der Waals surface area contributed by atoms with Crippen LogP contribution in [0.5, 0.6) is 0 Å². The van der Waals surface area contributed by atoms with E-state index in [9.17, 15) is 9.59 Å². The lowest BCUT2D eigenvalue weighted by atomic mass is 10.0. The minimum absolute atomic E-state index is 0.0950. The van der Waals surface area contributed by atoms with Crippen LogP contribution in [0.2, 0.25) is 0 Å². The van der Waals surface area contributed by atoms with E-state index in [0.29, 0.717) is 5.92 Å². The summed E-state index contributed by atoms with van der Waals surface area (Å²) in [6, 6.07) is 0. The van der Waals surface area contributed by atoms with E-state index >= 15 is 0 Å². The van der Waals surface area contributed by atoms with Crippen molar-refractivity contribution in [1.82, 2.24) is 0 Å². The smallest absolute Gasteiger partial charge is 0.306 e. The normalized spacial score (nSPS) is 19.0. The Balaban J connectivity index is 2.30. The first kappa shape index (κ1) is 8.24. The maximum absolute atomic E-state index is 10.7. The highest BCUT2D eigenvalue weighted by Crippen LogP contribution is 2.37. The van der Waals surface area contributed by atoms with Crippen molar-refractivity contribution in [2.45, 2.75) is 19.3 Å². The molecule has 0 bridgehead atoms. The monoisotopic (exact) mass is 156 g/mol. The van der Waals surface area contributed by atoms with Gasteiger partial charge in [-0.25, -0.2) is 0 Å². The Bertz CT molecular complexity index is 161. The lowest BCUT2D eigenvalue weighted by Crippen LogP contribution is -2.12. The van der Waals surface area contributed by atoms with E-state index in [2.05, 4.69) is 4.74 Å². The summed E-state index contributed by atoms with van der Waals surface area (Å²) in [5.41, 5.74) is 0. The maximum atomic E-state index is 10.7. The number of rotatable bonds is 4. The van der Waals surface area contributed by atoms with Crippen LogP contribution in [0.4, 0.5) is 0 Å². The quantitative estimate of drug-likeness (QED) is 0.446. The molecule has 0 saturated heterocycles. The van der Waals surface area contributed by atoms with E-state index in [-0.39, 0.29) is 18.3 Å². The Labute approximate surface area is 65.7 Å². The topological polar surface area (TPSA) is 43.4 Å². The molecule has 1 saturated carbocycles. The van der Waals surface area contributed by atoms with Gasteiger partial charge in [-0.05, 0) is 18.8 Å². The second kappa shape index (κ2) is 3.51. The van der Waals surface area contributed by atoms with Gasteiger partial charge in [0.25, 0.3) is 0 Å². The molecule has 0 amide bonds. The molecule has 0 heterocycles. The van der Waals surface area contributed by atoms with Crippen LogP contribution < -0.4 is 0 Å². The summed E-state index contributed by atoms with van der Waals surface area (Å²) in [5, 5.41) is 0. The van der Waals surface area contributed by atoms with E-state index in [4.69, 9.17) is 0 Å². The highest BCUT2D eigenvalue weighted by molar-refractivity contribution is 5.73. The van der Waals surface area contributed by atoms with Gasteiger partial charge in [0, 0.05) is 5.92 Å². The predicted octanol–water partition coefficient (Wildman–Crippen LogP) is 0.775. The lowest BCUT2D eigenvalue weighted by molar-refractivity contribution is -0.142. The van der Waals surface area contributed by atoms with Gasteiger partial charge in [0.15, 0.2) is 0 Å². The highest BCUT2D eigenvalue weighted by Gasteiger charge is 2.32. The molecule has 0 N–H and O–H groups in total. The van der Waals surface area contributed by atoms with Crippen LogP contribution in [0.25, 0.3) is 0 Å². The highest BCUT2D eigenvalue weighted by atomic mass is 16.5. The molecule has 1 fully saturated rings. The van der Waals surface area contributed by atoms with Crippen LogP contribution in [0.3, 0.4) is 0 Å². The van der Waals surface area contributed by atoms with Gasteiger partial charge < -0.3 is 9.53 Å². The molecule has 0 unspecified atom stereocenters. The zero-order valence-corrected chi connectivity index (χ0v) is 6.58. The molecule has 3 heteroatoms. The van der Waals surface area contributed by atoms with E-state index in [1.807, 2.05) is 0 Å². The fraction of sp³-hybridized carbons (Fsp3) is 0.750. The molecule has 0 radical (unpaired) electrons. The Kier molecular flexibility index (Phi) is 2.63. The molecule has 0 aromatic rings. The van der Waals surface area contributed by atoms with Gasteiger partial charge in [0.1, 0.15) is 6.29 Å². The number of ether oxygens (including phenoxy) is 1. The first-order valence-corrected chi connectivity index (χ1v) is 3.80. The third kappa shape index (κ3) is 2.33. The van der Waals surface area contributed by atoms with Gasteiger partial charge in [-0.3, -0.25) is 4.79 Å². The average molecular weight is 156 g/mol. The van der Waals surface area contributed by atoms with Crippen LogP contribution in [-0.2, 0) is 14.3 Å². The molecule has 0 spiro atoms. The zero-order chi connectivity index (χ0) is 8.27. The molecular formula is C8H12O3. The Morgan fingerprint density at radius 1 is 1.73 bits per heavy atom. The molecule has 11 heavy (non-hydrogen) atoms. The predicted molar refractivity (Wildman–Crippen MR) is 38.9 cm³/mol. The van der Waals surface area contributed by atoms with Crippen molar-refractivity contribution in [3.63, 3.8) is 0 Å². The Morgan fingerprint density at radius 3 is 2.73 bits per heavy atom. The summed E-state index contributed by atoms with van der Waals surface area (Å²) in [4.78, 5) is 21.2. The SMILES string of the molecule is COC(=O)C[C@H](C=O)C1CC1. The minimum atomic E-state index is -0.283. The second-order valence-electron chi connectivity index (χ2n) is 2.92. The minimum Gasteiger partial charge on any atom is -0.469 e. The summed E-state index contributed by atoms with van der Waals surface area (Å²) < 4.78 is 4.46. The largest absolute Gasteiger partial charge is 0.469 e. The lowest BCUT2D eigenvalue weighted by Gasteiger charge is -2.05. The molecule has 0 aromatic carbocycles. The zero-order valence-electron chi connectivity index (χ0n) is 6.58. The first-order chi connectivity index (χ1) is 5.27. The van der Waals surface area contributed by atoms with Crippen molar-refractivity contribution < 1.29 is 14.3 Å². The summed E-state index contributed by atoms with van der Waals surface area (Å²) in [7, 11) is 1.34. The van der Waals surface area contributed by atoms with Crippen LogP contribution >= 0.6 is 0 Å². The van der Waals surface area contributed by atoms with Crippen molar-refractivity contribution >= 4 is 12.3 Å². The standard InChI is InChI=1S/C8H12O3/c1-11-8(10)4-7(5-9)6-2-3-6/h5-7H,2-4H2,1H3/t7-/m1/s1. The van der Waals surface area contributed by atoms with Gasteiger partial charge in [-0.1, -0.05) is 0 Å². The van der Waals surface area contributed by atoms with Crippen LogP contribution in [0.1, 0.15) is 19.3 Å². The molecule has 0 aliphatic heterocycles.